The zero-order chi connectivity index (χ0) is 14.8. The smallest absolute Gasteiger partial charge is 0.211 e. The van der Waals surface area contributed by atoms with Gasteiger partial charge in [0.25, 0.3) is 0 Å². The summed E-state index contributed by atoms with van der Waals surface area (Å²) in [6.45, 7) is 1.28. The molecule has 0 aliphatic carbocycles. The van der Waals surface area contributed by atoms with E-state index in [1.807, 2.05) is 37.4 Å². The van der Waals surface area contributed by atoms with Crippen LogP contribution in [0.2, 0.25) is 0 Å². The van der Waals surface area contributed by atoms with Gasteiger partial charge in [-0.1, -0.05) is 18.2 Å². The molecule has 0 heterocycles. The second-order valence-corrected chi connectivity index (χ2v) is 6.68. The van der Waals surface area contributed by atoms with E-state index in [2.05, 4.69) is 9.62 Å². The van der Waals surface area contributed by atoms with E-state index in [0.29, 0.717) is 19.4 Å². The Kier molecular flexibility index (Phi) is 7.58. The molecule has 0 aromatic heterocycles. The lowest BCUT2D eigenvalue weighted by molar-refractivity contribution is 0.287. The molecule has 0 amide bonds. The van der Waals surface area contributed by atoms with Crippen molar-refractivity contribution in [1.82, 2.24) is 4.72 Å². The number of anilines is 1. The summed E-state index contributed by atoms with van der Waals surface area (Å²) in [5.41, 5.74) is 1.12. The molecule has 1 aromatic rings. The van der Waals surface area contributed by atoms with Crippen molar-refractivity contribution >= 4 is 15.7 Å². The predicted molar refractivity (Wildman–Crippen MR) is 82.4 cm³/mol. The van der Waals surface area contributed by atoms with Gasteiger partial charge in [-0.2, -0.15) is 0 Å². The molecule has 0 saturated carbocycles. The number of hydrogen-bond donors (Lipinski definition) is 2. The molecule has 5 nitrogen and oxygen atoms in total. The SMILES string of the molecule is CN(CCCNS(=O)(=O)CCCCO)c1ccccc1. The first-order valence-electron chi connectivity index (χ1n) is 6.89. The first kappa shape index (κ1) is 16.9. The van der Waals surface area contributed by atoms with Crippen LogP contribution >= 0.6 is 0 Å². The lowest BCUT2D eigenvalue weighted by atomic mass is 10.3. The minimum absolute atomic E-state index is 0.0391. The monoisotopic (exact) mass is 300 g/mol. The molecule has 0 aliphatic rings. The fourth-order valence-corrected chi connectivity index (χ4v) is 3.02. The second kappa shape index (κ2) is 8.94. The quantitative estimate of drug-likeness (QED) is 0.637. The van der Waals surface area contributed by atoms with Crippen LogP contribution in [-0.4, -0.2) is 46.0 Å². The molecule has 1 rings (SSSR count). The van der Waals surface area contributed by atoms with Crippen LogP contribution < -0.4 is 9.62 Å². The molecule has 1 aromatic carbocycles. The fourth-order valence-electron chi connectivity index (χ4n) is 1.83. The van der Waals surface area contributed by atoms with E-state index in [9.17, 15) is 8.42 Å². The summed E-state index contributed by atoms with van der Waals surface area (Å²) in [4.78, 5) is 2.10. The minimum atomic E-state index is -3.20. The average Bonchev–Trinajstić information content (AvgIpc) is 2.44. The molecule has 0 bridgehead atoms. The topological polar surface area (TPSA) is 69.6 Å². The number of hydrogen-bond acceptors (Lipinski definition) is 4. The van der Waals surface area contributed by atoms with Crippen molar-refractivity contribution in [3.8, 4) is 0 Å². The Hall–Kier alpha value is -1.11. The number of sulfonamides is 1. The van der Waals surface area contributed by atoms with Crippen LogP contribution in [-0.2, 0) is 10.0 Å². The van der Waals surface area contributed by atoms with E-state index >= 15 is 0 Å². The Morgan fingerprint density at radius 2 is 1.85 bits per heavy atom. The lowest BCUT2D eigenvalue weighted by Crippen LogP contribution is -2.30. The van der Waals surface area contributed by atoms with Crippen molar-refractivity contribution in [2.45, 2.75) is 19.3 Å². The van der Waals surface area contributed by atoms with Crippen LogP contribution in [0.25, 0.3) is 0 Å². The fraction of sp³-hybridized carbons (Fsp3) is 0.571. The summed E-state index contributed by atoms with van der Waals surface area (Å²) in [5, 5.41) is 8.63. The summed E-state index contributed by atoms with van der Waals surface area (Å²) in [5.74, 6) is 0.0854. The molecule has 0 unspecified atom stereocenters. The van der Waals surface area contributed by atoms with E-state index in [4.69, 9.17) is 5.11 Å². The number of aliphatic hydroxyl groups excluding tert-OH is 1. The third-order valence-corrected chi connectivity index (χ3v) is 4.48. The molecule has 0 fully saturated rings. The van der Waals surface area contributed by atoms with Gasteiger partial charge in [0.2, 0.25) is 10.0 Å². The van der Waals surface area contributed by atoms with Crippen molar-refractivity contribution in [2.24, 2.45) is 0 Å². The Bertz CT molecular complexity index is 463. The first-order chi connectivity index (χ1) is 9.55. The minimum Gasteiger partial charge on any atom is -0.396 e. The van der Waals surface area contributed by atoms with Gasteiger partial charge in [-0.05, 0) is 31.4 Å². The van der Waals surface area contributed by atoms with Crippen LogP contribution in [0.1, 0.15) is 19.3 Å². The Morgan fingerprint density at radius 1 is 1.15 bits per heavy atom. The Balaban J connectivity index is 2.21. The van der Waals surface area contributed by atoms with Gasteiger partial charge in [0.05, 0.1) is 5.75 Å². The predicted octanol–water partition coefficient (Wildman–Crippen LogP) is 1.20. The van der Waals surface area contributed by atoms with Crippen LogP contribution in [0, 0.1) is 0 Å². The highest BCUT2D eigenvalue weighted by molar-refractivity contribution is 7.89. The first-order valence-corrected chi connectivity index (χ1v) is 8.55. The van der Waals surface area contributed by atoms with Crippen molar-refractivity contribution in [2.75, 3.05) is 37.4 Å². The third-order valence-electron chi connectivity index (χ3n) is 3.01. The normalized spacial score (nSPS) is 11.5. The largest absolute Gasteiger partial charge is 0.396 e. The molecule has 0 saturated heterocycles. The zero-order valence-corrected chi connectivity index (χ0v) is 12.8. The average molecular weight is 300 g/mol. The van der Waals surface area contributed by atoms with Gasteiger partial charge in [0.15, 0.2) is 0 Å². The van der Waals surface area contributed by atoms with Crippen LogP contribution in [0.15, 0.2) is 30.3 Å². The standard InChI is InChI=1S/C14H24N2O3S/c1-16(14-8-3-2-4-9-14)11-7-10-15-20(18,19)13-6-5-12-17/h2-4,8-9,15,17H,5-7,10-13H2,1H3. The lowest BCUT2D eigenvalue weighted by Gasteiger charge is -2.19. The molecule has 20 heavy (non-hydrogen) atoms. The second-order valence-electron chi connectivity index (χ2n) is 4.75. The Labute approximate surface area is 121 Å². The number of unbranched alkanes of at least 4 members (excludes halogenated alkanes) is 1. The van der Waals surface area contributed by atoms with Crippen LogP contribution in [0.3, 0.4) is 0 Å². The highest BCUT2D eigenvalue weighted by atomic mass is 32.2. The number of aliphatic hydroxyl groups is 1. The third kappa shape index (κ3) is 6.88. The highest BCUT2D eigenvalue weighted by Crippen LogP contribution is 2.10. The van der Waals surface area contributed by atoms with E-state index in [1.54, 1.807) is 0 Å². The number of nitrogens with one attached hydrogen (secondary N) is 1. The summed E-state index contributed by atoms with van der Waals surface area (Å²) in [6.07, 6.45) is 1.78. The van der Waals surface area contributed by atoms with Crippen molar-refractivity contribution in [1.29, 1.82) is 0 Å². The Morgan fingerprint density at radius 3 is 2.50 bits per heavy atom. The van der Waals surface area contributed by atoms with E-state index < -0.39 is 10.0 Å². The van der Waals surface area contributed by atoms with E-state index in [1.165, 1.54) is 0 Å². The summed E-state index contributed by atoms with van der Waals surface area (Å²) >= 11 is 0. The van der Waals surface area contributed by atoms with Crippen molar-refractivity contribution in [3.63, 3.8) is 0 Å². The molecule has 2 N–H and O–H groups in total. The molecule has 6 heteroatoms. The number of nitrogens with zero attached hydrogens (tertiary/aromatic N) is 1. The maximum absolute atomic E-state index is 11.6. The van der Waals surface area contributed by atoms with Crippen LogP contribution in [0.4, 0.5) is 5.69 Å². The van der Waals surface area contributed by atoms with Crippen LogP contribution in [0.5, 0.6) is 0 Å². The number of benzene rings is 1. The number of para-hydroxylation sites is 1. The highest BCUT2D eigenvalue weighted by Gasteiger charge is 2.08. The van der Waals surface area contributed by atoms with Gasteiger partial charge in [0, 0.05) is 32.4 Å². The van der Waals surface area contributed by atoms with Gasteiger partial charge >= 0.3 is 0 Å². The van der Waals surface area contributed by atoms with Gasteiger partial charge in [-0.25, -0.2) is 13.1 Å². The molecule has 0 atom stereocenters. The van der Waals surface area contributed by atoms with E-state index in [-0.39, 0.29) is 12.4 Å². The van der Waals surface area contributed by atoms with Crippen molar-refractivity contribution in [3.05, 3.63) is 30.3 Å². The van der Waals surface area contributed by atoms with Gasteiger partial charge in [0.1, 0.15) is 0 Å². The number of rotatable bonds is 10. The molecule has 0 aliphatic heterocycles. The molecular weight excluding hydrogens is 276 g/mol. The van der Waals surface area contributed by atoms with Crippen molar-refractivity contribution < 1.29 is 13.5 Å². The maximum atomic E-state index is 11.6. The maximum Gasteiger partial charge on any atom is 0.211 e. The van der Waals surface area contributed by atoms with Gasteiger partial charge < -0.3 is 10.0 Å². The molecule has 0 spiro atoms. The zero-order valence-electron chi connectivity index (χ0n) is 12.0. The van der Waals surface area contributed by atoms with Gasteiger partial charge in [-0.15, -0.1) is 0 Å². The summed E-state index contributed by atoms with van der Waals surface area (Å²) < 4.78 is 25.8. The molecule has 0 radical (unpaired) electrons. The van der Waals surface area contributed by atoms with E-state index in [0.717, 1.165) is 18.7 Å². The van der Waals surface area contributed by atoms with Gasteiger partial charge in [-0.3, -0.25) is 0 Å². The summed E-state index contributed by atoms with van der Waals surface area (Å²) in [6, 6.07) is 9.99. The summed E-state index contributed by atoms with van der Waals surface area (Å²) in [7, 11) is -1.20. The molecular formula is C14H24N2O3S. The molecule has 114 valence electrons.